The van der Waals surface area contributed by atoms with Gasteiger partial charge in [-0.15, -0.1) is 0 Å². The Hall–Kier alpha value is -2.86. The van der Waals surface area contributed by atoms with E-state index >= 15 is 0 Å². The lowest BCUT2D eigenvalue weighted by atomic mass is 10.1. The van der Waals surface area contributed by atoms with Gasteiger partial charge >= 0.3 is 5.97 Å². The van der Waals surface area contributed by atoms with Crippen LogP contribution in [0.15, 0.2) is 36.0 Å². The molecular formula is C18H21N3O5S. The van der Waals surface area contributed by atoms with E-state index in [0.717, 1.165) is 0 Å². The normalized spacial score (nSPS) is 18.4. The van der Waals surface area contributed by atoms with Crippen LogP contribution in [0.3, 0.4) is 0 Å². The number of amides is 1. The lowest BCUT2D eigenvalue weighted by Crippen LogP contribution is -2.29. The Morgan fingerprint density at radius 2 is 2.11 bits per heavy atom. The van der Waals surface area contributed by atoms with Crippen LogP contribution in [0.25, 0.3) is 0 Å². The average Bonchev–Trinajstić information content (AvgIpc) is 3.00. The topological polar surface area (TPSA) is 117 Å². The van der Waals surface area contributed by atoms with Crippen LogP contribution in [0.1, 0.15) is 23.7 Å². The highest BCUT2D eigenvalue weighted by Gasteiger charge is 2.30. The van der Waals surface area contributed by atoms with Gasteiger partial charge in [0, 0.05) is 19.3 Å². The molecule has 0 saturated carbocycles. The van der Waals surface area contributed by atoms with E-state index in [1.54, 1.807) is 31.0 Å². The van der Waals surface area contributed by atoms with E-state index in [1.165, 1.54) is 18.3 Å². The highest BCUT2D eigenvalue weighted by Crippen LogP contribution is 2.19. The molecule has 1 saturated heterocycles. The van der Waals surface area contributed by atoms with Gasteiger partial charge in [-0.1, -0.05) is 12.1 Å². The SMILES string of the molecule is CCOC(=O)c1ccccc1NC(=O)/C(C#N)=C\N(C)C1CCS(=O)(=O)C1. The van der Waals surface area contributed by atoms with Crippen molar-refractivity contribution in [1.29, 1.82) is 5.26 Å². The largest absolute Gasteiger partial charge is 0.462 e. The summed E-state index contributed by atoms with van der Waals surface area (Å²) in [6.45, 7) is 1.87. The molecule has 1 heterocycles. The smallest absolute Gasteiger partial charge is 0.340 e. The Morgan fingerprint density at radius 3 is 2.70 bits per heavy atom. The van der Waals surface area contributed by atoms with E-state index in [0.29, 0.717) is 6.42 Å². The highest BCUT2D eigenvalue weighted by molar-refractivity contribution is 7.91. The second-order valence-electron chi connectivity index (χ2n) is 6.10. The second kappa shape index (κ2) is 8.68. The summed E-state index contributed by atoms with van der Waals surface area (Å²) in [5, 5.41) is 11.9. The fourth-order valence-electron chi connectivity index (χ4n) is 2.71. The Kier molecular flexibility index (Phi) is 6.58. The molecule has 1 atom stereocenters. The molecule has 1 fully saturated rings. The average molecular weight is 391 g/mol. The molecule has 1 unspecified atom stereocenters. The van der Waals surface area contributed by atoms with Crippen LogP contribution in [-0.2, 0) is 19.4 Å². The first-order valence-electron chi connectivity index (χ1n) is 8.39. The Bertz CT molecular complexity index is 902. The number of carbonyl (C=O) groups excluding carboxylic acids is 2. The lowest BCUT2D eigenvalue weighted by Gasteiger charge is -2.21. The summed E-state index contributed by atoms with van der Waals surface area (Å²) < 4.78 is 28.1. The molecule has 1 aliphatic heterocycles. The van der Waals surface area contributed by atoms with Gasteiger partial charge in [-0.25, -0.2) is 13.2 Å². The Morgan fingerprint density at radius 1 is 1.41 bits per heavy atom. The van der Waals surface area contributed by atoms with E-state index in [9.17, 15) is 23.3 Å². The number of nitrogens with zero attached hydrogens (tertiary/aromatic N) is 2. The summed E-state index contributed by atoms with van der Waals surface area (Å²) in [6, 6.07) is 7.86. The molecule has 144 valence electrons. The Balaban J connectivity index is 2.16. The number of hydrogen-bond acceptors (Lipinski definition) is 7. The summed E-state index contributed by atoms with van der Waals surface area (Å²) in [5.74, 6) is -1.19. The molecule has 0 bridgehead atoms. The maximum Gasteiger partial charge on any atom is 0.340 e. The number of carbonyl (C=O) groups is 2. The molecule has 0 aliphatic carbocycles. The maximum absolute atomic E-state index is 12.5. The number of para-hydroxylation sites is 1. The molecule has 0 radical (unpaired) electrons. The van der Waals surface area contributed by atoms with Crippen molar-refractivity contribution >= 4 is 27.4 Å². The summed E-state index contributed by atoms with van der Waals surface area (Å²) in [4.78, 5) is 26.0. The fourth-order valence-corrected chi connectivity index (χ4v) is 4.50. The second-order valence-corrected chi connectivity index (χ2v) is 8.33. The van der Waals surface area contributed by atoms with Crippen LogP contribution >= 0.6 is 0 Å². The van der Waals surface area contributed by atoms with Crippen LogP contribution in [0.4, 0.5) is 5.69 Å². The van der Waals surface area contributed by atoms with Crippen LogP contribution in [0.2, 0.25) is 0 Å². The van der Waals surface area contributed by atoms with Crippen LogP contribution in [0.5, 0.6) is 0 Å². The van der Waals surface area contributed by atoms with Crippen LogP contribution in [0, 0.1) is 11.3 Å². The van der Waals surface area contributed by atoms with Crippen molar-refractivity contribution in [2.45, 2.75) is 19.4 Å². The standard InChI is InChI=1S/C18H21N3O5S/c1-3-26-18(23)15-6-4-5-7-16(15)20-17(22)13(10-19)11-21(2)14-8-9-27(24,25)12-14/h4-7,11,14H,3,8-9,12H2,1-2H3,(H,20,22)/b13-11-. The molecule has 0 spiro atoms. The van der Waals surface area contributed by atoms with Gasteiger partial charge < -0.3 is 15.0 Å². The Labute approximate surface area is 158 Å². The van der Waals surface area contributed by atoms with Gasteiger partial charge in [0.25, 0.3) is 5.91 Å². The summed E-state index contributed by atoms with van der Waals surface area (Å²) in [6.07, 6.45) is 1.77. The van der Waals surface area contributed by atoms with Crippen molar-refractivity contribution < 1.29 is 22.7 Å². The number of nitriles is 1. The monoisotopic (exact) mass is 391 g/mol. The number of ether oxygens (including phenoxy) is 1. The molecule has 9 heteroatoms. The molecule has 1 N–H and O–H groups in total. The summed E-state index contributed by atoms with van der Waals surface area (Å²) in [5.41, 5.74) is 0.217. The number of benzene rings is 1. The molecule has 27 heavy (non-hydrogen) atoms. The third kappa shape index (κ3) is 5.31. The first-order valence-corrected chi connectivity index (χ1v) is 10.2. The number of anilines is 1. The molecule has 1 aromatic carbocycles. The predicted octanol–water partition coefficient (Wildman–Crippen LogP) is 1.33. The molecule has 8 nitrogen and oxygen atoms in total. The maximum atomic E-state index is 12.5. The summed E-state index contributed by atoms with van der Waals surface area (Å²) >= 11 is 0. The van der Waals surface area contributed by atoms with E-state index in [-0.39, 0.29) is 41.0 Å². The third-order valence-corrected chi connectivity index (χ3v) is 5.90. The predicted molar refractivity (Wildman–Crippen MR) is 99.5 cm³/mol. The van der Waals surface area contributed by atoms with Gasteiger partial charge in [-0.2, -0.15) is 5.26 Å². The number of hydrogen-bond donors (Lipinski definition) is 1. The van der Waals surface area contributed by atoms with E-state index < -0.39 is 21.7 Å². The third-order valence-electron chi connectivity index (χ3n) is 4.15. The van der Waals surface area contributed by atoms with Gasteiger partial charge in [-0.05, 0) is 25.5 Å². The fraction of sp³-hybridized carbons (Fsp3) is 0.389. The zero-order valence-electron chi connectivity index (χ0n) is 15.1. The first kappa shape index (κ1) is 20.5. The zero-order valence-corrected chi connectivity index (χ0v) is 16.0. The lowest BCUT2D eigenvalue weighted by molar-refractivity contribution is -0.112. The molecule has 2 rings (SSSR count). The number of esters is 1. The number of nitrogens with one attached hydrogen (secondary N) is 1. The van der Waals surface area contributed by atoms with Gasteiger partial charge in [0.2, 0.25) is 0 Å². The van der Waals surface area contributed by atoms with Crippen molar-refractivity contribution in [2.24, 2.45) is 0 Å². The minimum absolute atomic E-state index is 0.00792. The minimum Gasteiger partial charge on any atom is -0.462 e. The zero-order chi connectivity index (χ0) is 20.0. The molecule has 1 aliphatic rings. The molecule has 0 aromatic heterocycles. The molecular weight excluding hydrogens is 370 g/mol. The van der Waals surface area contributed by atoms with Gasteiger partial charge in [0.1, 0.15) is 11.6 Å². The van der Waals surface area contributed by atoms with Crippen molar-refractivity contribution in [3.8, 4) is 6.07 Å². The highest BCUT2D eigenvalue weighted by atomic mass is 32.2. The van der Waals surface area contributed by atoms with Gasteiger partial charge in [0.15, 0.2) is 9.84 Å². The van der Waals surface area contributed by atoms with E-state index in [1.807, 2.05) is 6.07 Å². The van der Waals surface area contributed by atoms with Crippen molar-refractivity contribution in [3.05, 3.63) is 41.6 Å². The van der Waals surface area contributed by atoms with Gasteiger partial charge in [0.05, 0.1) is 29.4 Å². The van der Waals surface area contributed by atoms with Crippen LogP contribution < -0.4 is 5.32 Å². The van der Waals surface area contributed by atoms with Crippen molar-refractivity contribution in [1.82, 2.24) is 4.90 Å². The molecule has 1 amide bonds. The quantitative estimate of drug-likeness (QED) is 0.442. The molecule has 1 aromatic rings. The minimum atomic E-state index is -3.08. The number of rotatable bonds is 6. The van der Waals surface area contributed by atoms with Crippen molar-refractivity contribution in [2.75, 3.05) is 30.5 Å². The summed E-state index contributed by atoms with van der Waals surface area (Å²) in [7, 11) is -1.45. The number of sulfone groups is 1. The van der Waals surface area contributed by atoms with Gasteiger partial charge in [-0.3, -0.25) is 4.79 Å². The van der Waals surface area contributed by atoms with Crippen molar-refractivity contribution in [3.63, 3.8) is 0 Å². The van der Waals surface area contributed by atoms with E-state index in [4.69, 9.17) is 4.74 Å². The van der Waals surface area contributed by atoms with Crippen LogP contribution in [-0.4, -0.2) is 56.4 Å². The van der Waals surface area contributed by atoms with E-state index in [2.05, 4.69) is 5.32 Å². The first-order chi connectivity index (χ1) is 12.8.